The highest BCUT2D eigenvalue weighted by Crippen LogP contribution is 2.60. The summed E-state index contributed by atoms with van der Waals surface area (Å²) in [5, 5.41) is 19.5. The zero-order chi connectivity index (χ0) is 13.9. The minimum absolute atomic E-state index is 0.125. The maximum Gasteiger partial charge on any atom is 0.304 e. The van der Waals surface area contributed by atoms with Gasteiger partial charge in [0.2, 0.25) is 0 Å². The quantitative estimate of drug-likeness (QED) is 0.880. The maximum atomic E-state index is 11.2. The molecule has 2 N–H and O–H groups in total. The smallest absolute Gasteiger partial charge is 0.304 e. The van der Waals surface area contributed by atoms with E-state index in [4.69, 9.17) is 9.47 Å². The summed E-state index contributed by atoms with van der Waals surface area (Å²) in [4.78, 5) is 11.2. The normalized spacial score (nSPS) is 20.8. The van der Waals surface area contributed by atoms with E-state index in [2.05, 4.69) is 0 Å². The Morgan fingerprint density at radius 2 is 1.75 bits per heavy atom. The molecule has 0 spiro atoms. The van der Waals surface area contributed by atoms with Crippen molar-refractivity contribution in [1.82, 2.24) is 0 Å². The number of aliphatic carboxylic acids is 1. The molecule has 2 heterocycles. The van der Waals surface area contributed by atoms with Crippen LogP contribution in [-0.2, 0) is 23.1 Å². The predicted octanol–water partition coefficient (Wildman–Crippen LogP) is 1.77. The van der Waals surface area contributed by atoms with Crippen LogP contribution in [0, 0.1) is 0 Å². The first kappa shape index (κ1) is 11.9. The largest absolute Gasteiger partial charge is 0.504 e. The van der Waals surface area contributed by atoms with Crippen LogP contribution in [0.3, 0.4) is 0 Å². The molecule has 5 nitrogen and oxygen atoms in total. The SMILES string of the molecule is O=C(O)CC1(c2c3c(c(O)c4c2OCC4)OCC3)CC1. The summed E-state index contributed by atoms with van der Waals surface area (Å²) in [5.41, 5.74) is 2.43. The van der Waals surface area contributed by atoms with Crippen molar-refractivity contribution >= 4 is 5.97 Å². The number of aromatic hydroxyl groups is 1. The zero-order valence-corrected chi connectivity index (χ0v) is 11.1. The maximum absolute atomic E-state index is 11.2. The molecule has 5 heteroatoms. The third kappa shape index (κ3) is 1.46. The van der Waals surface area contributed by atoms with Gasteiger partial charge in [0.1, 0.15) is 5.75 Å². The second-order valence-corrected chi connectivity index (χ2v) is 5.89. The predicted molar refractivity (Wildman–Crippen MR) is 69.7 cm³/mol. The van der Waals surface area contributed by atoms with Crippen molar-refractivity contribution in [3.63, 3.8) is 0 Å². The number of carboxylic acids is 1. The molecule has 106 valence electrons. The van der Waals surface area contributed by atoms with E-state index in [1.54, 1.807) is 0 Å². The van der Waals surface area contributed by atoms with Gasteiger partial charge in [-0.2, -0.15) is 0 Å². The average Bonchev–Trinajstić information content (AvgIpc) is 2.85. The topological polar surface area (TPSA) is 76.0 Å². The molecule has 0 atom stereocenters. The lowest BCUT2D eigenvalue weighted by molar-refractivity contribution is -0.137. The zero-order valence-electron chi connectivity index (χ0n) is 11.1. The van der Waals surface area contributed by atoms with Crippen molar-refractivity contribution < 1.29 is 24.5 Å². The van der Waals surface area contributed by atoms with Crippen LogP contribution in [0.2, 0.25) is 0 Å². The first-order valence-electron chi connectivity index (χ1n) is 7.01. The van der Waals surface area contributed by atoms with Crippen LogP contribution in [0.4, 0.5) is 0 Å². The number of carboxylic acid groups (broad SMARTS) is 1. The van der Waals surface area contributed by atoms with Crippen LogP contribution in [0.15, 0.2) is 0 Å². The molecule has 0 aromatic heterocycles. The summed E-state index contributed by atoms with van der Waals surface area (Å²) in [6.45, 7) is 1.09. The van der Waals surface area contributed by atoms with Gasteiger partial charge in [0.25, 0.3) is 0 Å². The van der Waals surface area contributed by atoms with Crippen LogP contribution in [0.25, 0.3) is 0 Å². The molecule has 20 heavy (non-hydrogen) atoms. The molecule has 0 amide bonds. The molecule has 1 saturated carbocycles. The molecular formula is C15H16O5. The fraction of sp³-hybridized carbons (Fsp3) is 0.533. The van der Waals surface area contributed by atoms with Gasteiger partial charge in [-0.1, -0.05) is 0 Å². The lowest BCUT2D eigenvalue weighted by atomic mass is 9.84. The summed E-state index contributed by atoms with van der Waals surface area (Å²) >= 11 is 0. The van der Waals surface area contributed by atoms with E-state index in [9.17, 15) is 15.0 Å². The van der Waals surface area contributed by atoms with Gasteiger partial charge in [0.15, 0.2) is 11.5 Å². The summed E-state index contributed by atoms with van der Waals surface area (Å²) in [6.07, 6.45) is 3.24. The molecule has 0 saturated heterocycles. The van der Waals surface area contributed by atoms with E-state index in [-0.39, 0.29) is 17.6 Å². The molecule has 0 radical (unpaired) electrons. The first-order chi connectivity index (χ1) is 9.62. The number of rotatable bonds is 3. The Kier molecular flexibility index (Phi) is 2.26. The second-order valence-electron chi connectivity index (χ2n) is 5.89. The number of fused-ring (bicyclic) bond motifs is 2. The molecule has 1 fully saturated rings. The lowest BCUT2D eigenvalue weighted by Crippen LogP contribution is -2.16. The van der Waals surface area contributed by atoms with Crippen molar-refractivity contribution in [2.24, 2.45) is 0 Å². The fourth-order valence-electron chi connectivity index (χ4n) is 3.60. The van der Waals surface area contributed by atoms with Crippen molar-refractivity contribution in [3.05, 3.63) is 16.7 Å². The Morgan fingerprint density at radius 3 is 2.40 bits per heavy atom. The van der Waals surface area contributed by atoms with Crippen LogP contribution in [-0.4, -0.2) is 29.4 Å². The number of hydrogen-bond donors (Lipinski definition) is 2. The van der Waals surface area contributed by atoms with Gasteiger partial charge in [0, 0.05) is 34.9 Å². The van der Waals surface area contributed by atoms with Gasteiger partial charge in [-0.15, -0.1) is 0 Å². The minimum Gasteiger partial charge on any atom is -0.504 e. The monoisotopic (exact) mass is 276 g/mol. The van der Waals surface area contributed by atoms with E-state index < -0.39 is 5.97 Å². The number of phenols is 1. The molecule has 1 aromatic carbocycles. The van der Waals surface area contributed by atoms with Crippen molar-refractivity contribution in [2.45, 2.75) is 37.5 Å². The third-order valence-electron chi connectivity index (χ3n) is 4.65. The van der Waals surface area contributed by atoms with Gasteiger partial charge in [-0.05, 0) is 12.8 Å². The summed E-state index contributed by atoms with van der Waals surface area (Å²) in [6, 6.07) is 0. The Labute approximate surface area is 116 Å². The highest BCUT2D eigenvalue weighted by atomic mass is 16.5. The Hall–Kier alpha value is -1.91. The van der Waals surface area contributed by atoms with Crippen molar-refractivity contribution in [3.8, 4) is 17.2 Å². The van der Waals surface area contributed by atoms with E-state index in [0.29, 0.717) is 25.4 Å². The van der Waals surface area contributed by atoms with Crippen LogP contribution in [0.1, 0.15) is 36.0 Å². The van der Waals surface area contributed by atoms with Gasteiger partial charge in [-0.3, -0.25) is 4.79 Å². The van der Waals surface area contributed by atoms with Crippen molar-refractivity contribution in [2.75, 3.05) is 13.2 Å². The molecular weight excluding hydrogens is 260 g/mol. The number of carbonyl (C=O) groups is 1. The first-order valence-corrected chi connectivity index (χ1v) is 7.01. The standard InChI is InChI=1S/C15H16O5/c16-10(17)7-15(3-4-15)11-8-1-5-20-14(8)12(18)9-2-6-19-13(9)11/h18H,1-7H2,(H,16,17). The molecule has 3 aliphatic rings. The molecule has 4 rings (SSSR count). The van der Waals surface area contributed by atoms with E-state index >= 15 is 0 Å². The summed E-state index contributed by atoms with van der Waals surface area (Å²) < 4.78 is 11.3. The third-order valence-corrected chi connectivity index (χ3v) is 4.65. The molecule has 0 unspecified atom stereocenters. The minimum atomic E-state index is -0.782. The Morgan fingerprint density at radius 1 is 1.10 bits per heavy atom. The number of benzene rings is 1. The van der Waals surface area contributed by atoms with Crippen molar-refractivity contribution in [1.29, 1.82) is 0 Å². The number of phenolic OH excluding ortho intramolecular Hbond substituents is 1. The second kappa shape index (κ2) is 3.81. The van der Waals surface area contributed by atoms with E-state index in [1.165, 1.54) is 0 Å². The molecule has 0 bridgehead atoms. The molecule has 2 aliphatic heterocycles. The fourth-order valence-corrected chi connectivity index (χ4v) is 3.60. The van der Waals surface area contributed by atoms with E-state index in [1.807, 2.05) is 0 Å². The summed E-state index contributed by atoms with van der Waals surface area (Å²) in [5.74, 6) is 0.696. The van der Waals surface area contributed by atoms with Crippen LogP contribution in [0.5, 0.6) is 17.2 Å². The molecule has 1 aliphatic carbocycles. The number of hydrogen-bond acceptors (Lipinski definition) is 4. The lowest BCUT2D eigenvalue weighted by Gasteiger charge is -2.21. The highest BCUT2D eigenvalue weighted by Gasteiger charge is 2.51. The van der Waals surface area contributed by atoms with Crippen LogP contribution >= 0.6 is 0 Å². The Bertz CT molecular complexity index is 580. The van der Waals surface area contributed by atoms with Gasteiger partial charge in [-0.25, -0.2) is 0 Å². The van der Waals surface area contributed by atoms with Gasteiger partial charge < -0.3 is 19.7 Å². The molecule has 1 aromatic rings. The Balaban J connectivity index is 1.94. The van der Waals surface area contributed by atoms with Gasteiger partial charge >= 0.3 is 5.97 Å². The van der Waals surface area contributed by atoms with Crippen LogP contribution < -0.4 is 9.47 Å². The average molecular weight is 276 g/mol. The number of ether oxygens (including phenoxy) is 2. The highest BCUT2D eigenvalue weighted by molar-refractivity contribution is 5.74. The summed E-state index contributed by atoms with van der Waals surface area (Å²) in [7, 11) is 0. The van der Waals surface area contributed by atoms with E-state index in [0.717, 1.165) is 41.7 Å². The van der Waals surface area contributed by atoms with Gasteiger partial charge in [0.05, 0.1) is 19.6 Å².